The van der Waals surface area contributed by atoms with Crippen molar-refractivity contribution in [2.24, 2.45) is 23.5 Å². The Hall–Kier alpha value is -1.10. The first-order valence-electron chi connectivity index (χ1n) is 9.03. The normalized spacial score (nSPS) is 22.6. The molecular formula is C18H35N3O2. The van der Waals surface area contributed by atoms with Crippen LogP contribution in [0.5, 0.6) is 0 Å². The molecule has 3 unspecified atom stereocenters. The van der Waals surface area contributed by atoms with Crippen LogP contribution in [0.1, 0.15) is 60.3 Å². The van der Waals surface area contributed by atoms with Crippen molar-refractivity contribution in [2.45, 2.75) is 65.8 Å². The summed E-state index contributed by atoms with van der Waals surface area (Å²) in [6, 6.07) is 0. The summed E-state index contributed by atoms with van der Waals surface area (Å²) >= 11 is 0. The summed E-state index contributed by atoms with van der Waals surface area (Å²) in [7, 11) is 0. The van der Waals surface area contributed by atoms with Gasteiger partial charge in [0, 0.05) is 31.1 Å². The van der Waals surface area contributed by atoms with Gasteiger partial charge in [-0.2, -0.15) is 0 Å². The Bertz CT molecular complexity index is 411. The predicted molar refractivity (Wildman–Crippen MR) is 93.8 cm³/mol. The molecule has 0 aromatic rings. The fourth-order valence-corrected chi connectivity index (χ4v) is 3.36. The molecule has 5 heteroatoms. The number of nitrogens with zero attached hydrogens (tertiary/aromatic N) is 1. The van der Waals surface area contributed by atoms with E-state index in [1.165, 1.54) is 0 Å². The third-order valence-electron chi connectivity index (χ3n) is 4.87. The first-order chi connectivity index (χ1) is 10.7. The Balaban J connectivity index is 2.67. The standard InChI is InChI=1S/C18H35N3O2/c1-6-14(4)17(23)21-9-7-8-15(11-21)16(22)20-18(5,12-19)10-13(2)3/h13-15H,6-12,19H2,1-5H3,(H,20,22). The summed E-state index contributed by atoms with van der Waals surface area (Å²) < 4.78 is 0. The van der Waals surface area contributed by atoms with Crippen LogP contribution in [-0.2, 0) is 9.59 Å². The van der Waals surface area contributed by atoms with Crippen LogP contribution >= 0.6 is 0 Å². The third-order valence-corrected chi connectivity index (χ3v) is 4.87. The lowest BCUT2D eigenvalue weighted by Gasteiger charge is -2.37. The van der Waals surface area contributed by atoms with Crippen LogP contribution < -0.4 is 11.1 Å². The SMILES string of the molecule is CCC(C)C(=O)N1CCCC(C(=O)NC(C)(CN)CC(C)C)C1. The molecule has 1 saturated heterocycles. The van der Waals surface area contributed by atoms with E-state index >= 15 is 0 Å². The summed E-state index contributed by atoms with van der Waals surface area (Å²) in [4.78, 5) is 26.9. The quantitative estimate of drug-likeness (QED) is 0.753. The highest BCUT2D eigenvalue weighted by Gasteiger charge is 2.33. The molecular weight excluding hydrogens is 290 g/mol. The molecule has 0 aliphatic carbocycles. The number of hydrogen-bond donors (Lipinski definition) is 2. The molecule has 0 bridgehead atoms. The first kappa shape index (κ1) is 19.9. The van der Waals surface area contributed by atoms with Crippen LogP contribution in [0.25, 0.3) is 0 Å². The number of amides is 2. The molecule has 3 atom stereocenters. The maximum atomic E-state index is 12.7. The van der Waals surface area contributed by atoms with Crippen LogP contribution in [0.2, 0.25) is 0 Å². The third kappa shape index (κ3) is 5.79. The van der Waals surface area contributed by atoms with Gasteiger partial charge in [-0.05, 0) is 38.5 Å². The van der Waals surface area contributed by atoms with E-state index in [1.54, 1.807) is 0 Å². The molecule has 1 aliphatic heterocycles. The Morgan fingerprint density at radius 3 is 2.52 bits per heavy atom. The first-order valence-corrected chi connectivity index (χ1v) is 9.03. The second-order valence-electron chi connectivity index (χ2n) is 7.78. The van der Waals surface area contributed by atoms with E-state index in [2.05, 4.69) is 19.2 Å². The summed E-state index contributed by atoms with van der Waals surface area (Å²) in [6.45, 7) is 12.0. The van der Waals surface area contributed by atoms with Gasteiger partial charge in [-0.15, -0.1) is 0 Å². The van der Waals surface area contributed by atoms with E-state index in [1.807, 2.05) is 25.7 Å². The van der Waals surface area contributed by atoms with Crippen LogP contribution in [0, 0.1) is 17.8 Å². The minimum absolute atomic E-state index is 0.0343. The average molecular weight is 325 g/mol. The van der Waals surface area contributed by atoms with Crippen molar-refractivity contribution in [1.29, 1.82) is 0 Å². The maximum absolute atomic E-state index is 12.7. The Labute approximate surface area is 141 Å². The molecule has 5 nitrogen and oxygen atoms in total. The Morgan fingerprint density at radius 2 is 2.00 bits per heavy atom. The van der Waals surface area contributed by atoms with Crippen molar-refractivity contribution in [3.63, 3.8) is 0 Å². The number of carbonyl (C=O) groups is 2. The molecule has 0 radical (unpaired) electrons. The number of hydrogen-bond acceptors (Lipinski definition) is 3. The zero-order chi connectivity index (χ0) is 17.6. The topological polar surface area (TPSA) is 75.4 Å². The number of nitrogens with two attached hydrogens (primary N) is 1. The van der Waals surface area contributed by atoms with Crippen LogP contribution in [0.3, 0.4) is 0 Å². The van der Waals surface area contributed by atoms with Crippen LogP contribution in [-0.4, -0.2) is 41.9 Å². The zero-order valence-electron chi connectivity index (χ0n) is 15.5. The van der Waals surface area contributed by atoms with Gasteiger partial charge >= 0.3 is 0 Å². The zero-order valence-corrected chi connectivity index (χ0v) is 15.5. The number of likely N-dealkylation sites (tertiary alicyclic amines) is 1. The van der Waals surface area contributed by atoms with Crippen molar-refractivity contribution in [2.75, 3.05) is 19.6 Å². The summed E-state index contributed by atoms with van der Waals surface area (Å²) in [5.74, 6) is 0.606. The largest absolute Gasteiger partial charge is 0.349 e. The molecule has 2 amide bonds. The van der Waals surface area contributed by atoms with Gasteiger partial charge in [-0.25, -0.2) is 0 Å². The molecule has 1 aliphatic rings. The summed E-state index contributed by atoms with van der Waals surface area (Å²) in [5.41, 5.74) is 5.52. The van der Waals surface area contributed by atoms with Crippen molar-refractivity contribution in [3.05, 3.63) is 0 Å². The van der Waals surface area contributed by atoms with Crippen molar-refractivity contribution >= 4 is 11.8 Å². The van der Waals surface area contributed by atoms with Crippen molar-refractivity contribution in [1.82, 2.24) is 10.2 Å². The number of carbonyl (C=O) groups excluding carboxylic acids is 2. The van der Waals surface area contributed by atoms with Crippen molar-refractivity contribution in [3.8, 4) is 0 Å². The van der Waals surface area contributed by atoms with Gasteiger partial charge < -0.3 is 16.0 Å². The molecule has 0 spiro atoms. The van der Waals surface area contributed by atoms with Gasteiger partial charge in [0.15, 0.2) is 0 Å². The number of piperidine rings is 1. The van der Waals surface area contributed by atoms with E-state index in [9.17, 15) is 9.59 Å². The Morgan fingerprint density at radius 1 is 1.35 bits per heavy atom. The minimum Gasteiger partial charge on any atom is -0.349 e. The fraction of sp³-hybridized carbons (Fsp3) is 0.889. The molecule has 0 aromatic carbocycles. The Kier molecular flexibility index (Phi) is 7.52. The van der Waals surface area contributed by atoms with E-state index < -0.39 is 0 Å². The lowest BCUT2D eigenvalue weighted by Crippen LogP contribution is -2.56. The molecule has 134 valence electrons. The van der Waals surface area contributed by atoms with E-state index in [0.29, 0.717) is 19.0 Å². The second-order valence-corrected chi connectivity index (χ2v) is 7.78. The molecule has 1 rings (SSSR count). The molecule has 1 fully saturated rings. The molecule has 0 saturated carbocycles. The van der Waals surface area contributed by atoms with E-state index in [4.69, 9.17) is 5.73 Å². The van der Waals surface area contributed by atoms with E-state index in [-0.39, 0.29) is 29.2 Å². The molecule has 1 heterocycles. The lowest BCUT2D eigenvalue weighted by atomic mass is 9.88. The van der Waals surface area contributed by atoms with Gasteiger partial charge in [0.2, 0.25) is 11.8 Å². The summed E-state index contributed by atoms with van der Waals surface area (Å²) in [5, 5.41) is 3.14. The van der Waals surface area contributed by atoms with Gasteiger partial charge in [-0.1, -0.05) is 27.7 Å². The highest BCUT2D eigenvalue weighted by Crippen LogP contribution is 2.22. The molecule has 3 N–H and O–H groups in total. The predicted octanol–water partition coefficient (Wildman–Crippen LogP) is 2.15. The van der Waals surface area contributed by atoms with Gasteiger partial charge in [0.25, 0.3) is 0 Å². The number of rotatable bonds is 7. The van der Waals surface area contributed by atoms with Gasteiger partial charge in [0.05, 0.1) is 5.92 Å². The van der Waals surface area contributed by atoms with Gasteiger partial charge in [0.1, 0.15) is 0 Å². The highest BCUT2D eigenvalue weighted by atomic mass is 16.2. The van der Waals surface area contributed by atoms with Crippen LogP contribution in [0.15, 0.2) is 0 Å². The summed E-state index contributed by atoms with van der Waals surface area (Å²) in [6.07, 6.45) is 3.44. The van der Waals surface area contributed by atoms with Gasteiger partial charge in [-0.3, -0.25) is 9.59 Å². The second kappa shape index (κ2) is 8.67. The maximum Gasteiger partial charge on any atom is 0.225 e. The lowest BCUT2D eigenvalue weighted by molar-refractivity contribution is -0.139. The fourth-order valence-electron chi connectivity index (χ4n) is 3.36. The highest BCUT2D eigenvalue weighted by molar-refractivity contribution is 5.82. The monoisotopic (exact) mass is 325 g/mol. The average Bonchev–Trinajstić information content (AvgIpc) is 2.52. The van der Waals surface area contributed by atoms with Crippen LogP contribution in [0.4, 0.5) is 0 Å². The molecule has 23 heavy (non-hydrogen) atoms. The smallest absolute Gasteiger partial charge is 0.225 e. The molecule has 0 aromatic heterocycles. The van der Waals surface area contributed by atoms with Crippen molar-refractivity contribution < 1.29 is 9.59 Å². The number of nitrogens with one attached hydrogen (secondary N) is 1. The van der Waals surface area contributed by atoms with E-state index in [0.717, 1.165) is 32.2 Å². The minimum atomic E-state index is -0.367.